The van der Waals surface area contributed by atoms with E-state index in [0.717, 1.165) is 31.9 Å². The van der Waals surface area contributed by atoms with E-state index in [4.69, 9.17) is 16.3 Å². The number of rotatable bonds is 3. The summed E-state index contributed by atoms with van der Waals surface area (Å²) < 4.78 is 5.54. The van der Waals surface area contributed by atoms with Crippen LogP contribution in [-0.4, -0.2) is 46.6 Å². The van der Waals surface area contributed by atoms with Crippen molar-refractivity contribution < 1.29 is 9.66 Å². The summed E-state index contributed by atoms with van der Waals surface area (Å²) in [5, 5.41) is 12.2. The third-order valence-corrected chi connectivity index (χ3v) is 5.59. The van der Waals surface area contributed by atoms with E-state index in [9.17, 15) is 10.1 Å². The Morgan fingerprint density at radius 1 is 1.52 bits per heavy atom. The van der Waals surface area contributed by atoms with Gasteiger partial charge in [0.1, 0.15) is 0 Å². The molecule has 2 heterocycles. The summed E-state index contributed by atoms with van der Waals surface area (Å²) in [5.74, 6) is 1.04. The molecule has 0 N–H and O–H groups in total. The summed E-state index contributed by atoms with van der Waals surface area (Å²) in [6, 6.07) is 5.23. The van der Waals surface area contributed by atoms with Crippen molar-refractivity contribution in [1.29, 1.82) is 0 Å². The molecule has 0 amide bonds. The van der Waals surface area contributed by atoms with Crippen molar-refractivity contribution in [2.75, 3.05) is 25.5 Å². The number of benzene rings is 1. The Hall–Kier alpha value is -0.820. The van der Waals surface area contributed by atoms with Gasteiger partial charge >= 0.3 is 0 Å². The Morgan fingerprint density at radius 2 is 2.38 bits per heavy atom. The Labute approximate surface area is 132 Å². The smallest absolute Gasteiger partial charge is 0.273 e. The van der Waals surface area contributed by atoms with E-state index in [1.54, 1.807) is 12.1 Å². The van der Waals surface area contributed by atoms with E-state index in [2.05, 4.69) is 4.90 Å². The van der Waals surface area contributed by atoms with Crippen molar-refractivity contribution in [3.05, 3.63) is 38.9 Å². The van der Waals surface area contributed by atoms with Gasteiger partial charge in [0.25, 0.3) is 5.69 Å². The van der Waals surface area contributed by atoms with Gasteiger partial charge < -0.3 is 4.74 Å². The van der Waals surface area contributed by atoms with Gasteiger partial charge in [0, 0.05) is 53.4 Å². The van der Waals surface area contributed by atoms with Crippen LogP contribution in [-0.2, 0) is 11.3 Å². The van der Waals surface area contributed by atoms with Crippen LogP contribution in [0.4, 0.5) is 5.69 Å². The quantitative estimate of drug-likeness (QED) is 0.630. The largest absolute Gasteiger partial charge is 0.380 e. The molecular formula is C14H17ClN2O3S. The fraction of sp³-hybridized carbons (Fsp3) is 0.571. The minimum Gasteiger partial charge on any atom is -0.380 e. The molecule has 0 bridgehead atoms. The zero-order valence-corrected chi connectivity index (χ0v) is 13.1. The van der Waals surface area contributed by atoms with Gasteiger partial charge in [-0.15, -0.1) is 0 Å². The molecule has 0 aliphatic carbocycles. The molecule has 0 aromatic heterocycles. The maximum atomic E-state index is 11.2. The average Bonchev–Trinajstić information content (AvgIpc) is 2.47. The number of fused-ring (bicyclic) bond motifs is 1. The molecule has 2 saturated heterocycles. The first kappa shape index (κ1) is 15.1. The maximum absolute atomic E-state index is 11.2. The summed E-state index contributed by atoms with van der Waals surface area (Å²) in [4.78, 5) is 13.2. The molecule has 2 aliphatic rings. The minimum atomic E-state index is -0.328. The standard InChI is InChI=1S/C14H17ClN2O3S/c15-11-1-2-12(17(18)19)10(7-11)8-16-4-6-21-14-9-20-5-3-13(14)16/h1-2,7,13-14H,3-6,8-9H2/t13-,14+/m0/s1. The van der Waals surface area contributed by atoms with Gasteiger partial charge in [0.05, 0.1) is 11.5 Å². The third kappa shape index (κ3) is 3.34. The lowest BCUT2D eigenvalue weighted by Crippen LogP contribution is -2.51. The SMILES string of the molecule is O=[N+]([O-])c1ccc(Cl)cc1CN1CCS[C@@H]2COCC[C@@H]21. The fourth-order valence-corrected chi connectivity index (χ4v) is 4.60. The predicted molar refractivity (Wildman–Crippen MR) is 84.0 cm³/mol. The van der Waals surface area contributed by atoms with Crippen LogP contribution in [0.25, 0.3) is 0 Å². The van der Waals surface area contributed by atoms with E-state index >= 15 is 0 Å². The van der Waals surface area contributed by atoms with Crippen LogP contribution in [0.5, 0.6) is 0 Å². The summed E-state index contributed by atoms with van der Waals surface area (Å²) in [5.41, 5.74) is 0.853. The molecule has 1 aromatic carbocycles. The van der Waals surface area contributed by atoms with Crippen LogP contribution in [0.1, 0.15) is 12.0 Å². The van der Waals surface area contributed by atoms with E-state index in [-0.39, 0.29) is 10.6 Å². The summed E-state index contributed by atoms with van der Waals surface area (Å²) >= 11 is 7.96. The highest BCUT2D eigenvalue weighted by Gasteiger charge is 2.35. The molecule has 3 rings (SSSR count). The number of halogens is 1. The Kier molecular flexibility index (Phi) is 4.69. The molecule has 2 aliphatic heterocycles. The van der Waals surface area contributed by atoms with E-state index < -0.39 is 0 Å². The molecule has 21 heavy (non-hydrogen) atoms. The highest BCUT2D eigenvalue weighted by molar-refractivity contribution is 8.00. The number of hydrogen-bond acceptors (Lipinski definition) is 5. The average molecular weight is 329 g/mol. The zero-order valence-electron chi connectivity index (χ0n) is 11.5. The molecule has 2 atom stereocenters. The van der Waals surface area contributed by atoms with Crippen molar-refractivity contribution in [3.63, 3.8) is 0 Å². The minimum absolute atomic E-state index is 0.154. The number of nitro groups is 1. The van der Waals surface area contributed by atoms with E-state index in [0.29, 0.717) is 28.4 Å². The Morgan fingerprint density at radius 3 is 3.19 bits per heavy atom. The number of nitrogens with zero attached hydrogens (tertiary/aromatic N) is 2. The number of ether oxygens (including phenoxy) is 1. The molecule has 2 fully saturated rings. The molecule has 0 spiro atoms. The Bertz CT molecular complexity index is 541. The topological polar surface area (TPSA) is 55.6 Å². The second-order valence-electron chi connectivity index (χ2n) is 5.34. The second-order valence-corrected chi connectivity index (χ2v) is 7.12. The van der Waals surface area contributed by atoms with Crippen LogP contribution in [0.15, 0.2) is 18.2 Å². The molecule has 0 saturated carbocycles. The lowest BCUT2D eigenvalue weighted by Gasteiger charge is -2.43. The van der Waals surface area contributed by atoms with Crippen LogP contribution in [0.2, 0.25) is 5.02 Å². The molecule has 0 unspecified atom stereocenters. The van der Waals surface area contributed by atoms with Gasteiger partial charge in [-0.05, 0) is 18.6 Å². The van der Waals surface area contributed by atoms with Crippen LogP contribution < -0.4 is 0 Å². The number of thioether (sulfide) groups is 1. The van der Waals surface area contributed by atoms with Gasteiger partial charge in [-0.3, -0.25) is 15.0 Å². The predicted octanol–water partition coefficient (Wildman–Crippen LogP) is 2.95. The normalized spacial score (nSPS) is 26.3. The summed E-state index contributed by atoms with van der Waals surface area (Å²) in [7, 11) is 0. The maximum Gasteiger partial charge on any atom is 0.273 e. The first-order valence-corrected chi connectivity index (χ1v) is 8.44. The van der Waals surface area contributed by atoms with Crippen molar-refractivity contribution >= 4 is 29.1 Å². The van der Waals surface area contributed by atoms with Gasteiger partial charge in [-0.1, -0.05) is 11.6 Å². The molecular weight excluding hydrogens is 312 g/mol. The van der Waals surface area contributed by atoms with Crippen molar-refractivity contribution in [2.24, 2.45) is 0 Å². The highest BCUT2D eigenvalue weighted by Crippen LogP contribution is 2.33. The zero-order chi connectivity index (χ0) is 14.8. The van der Waals surface area contributed by atoms with Gasteiger partial charge in [0.2, 0.25) is 0 Å². The lowest BCUT2D eigenvalue weighted by atomic mass is 10.0. The summed E-state index contributed by atoms with van der Waals surface area (Å²) in [6.07, 6.45) is 0.992. The van der Waals surface area contributed by atoms with Crippen molar-refractivity contribution in [1.82, 2.24) is 4.90 Å². The van der Waals surface area contributed by atoms with E-state index in [1.165, 1.54) is 6.07 Å². The first-order valence-electron chi connectivity index (χ1n) is 7.01. The van der Waals surface area contributed by atoms with E-state index in [1.807, 2.05) is 11.8 Å². The van der Waals surface area contributed by atoms with Crippen molar-refractivity contribution in [3.8, 4) is 0 Å². The lowest BCUT2D eigenvalue weighted by molar-refractivity contribution is -0.385. The molecule has 0 radical (unpaired) electrons. The van der Waals surface area contributed by atoms with Crippen LogP contribution >= 0.6 is 23.4 Å². The monoisotopic (exact) mass is 328 g/mol. The molecule has 5 nitrogen and oxygen atoms in total. The van der Waals surface area contributed by atoms with Crippen molar-refractivity contribution in [2.45, 2.75) is 24.3 Å². The third-order valence-electron chi connectivity index (χ3n) is 4.06. The fourth-order valence-electron chi connectivity index (χ4n) is 3.04. The Balaban J connectivity index is 1.82. The van der Waals surface area contributed by atoms with Gasteiger partial charge in [-0.25, -0.2) is 0 Å². The summed E-state index contributed by atoms with van der Waals surface area (Å²) in [6.45, 7) is 3.09. The van der Waals surface area contributed by atoms with Gasteiger partial charge in [-0.2, -0.15) is 11.8 Å². The first-order chi connectivity index (χ1) is 10.1. The van der Waals surface area contributed by atoms with Gasteiger partial charge in [0.15, 0.2) is 0 Å². The molecule has 1 aromatic rings. The molecule has 7 heteroatoms. The number of hydrogen-bond donors (Lipinski definition) is 0. The highest BCUT2D eigenvalue weighted by atomic mass is 35.5. The number of nitro benzene ring substituents is 1. The molecule has 114 valence electrons. The van der Waals surface area contributed by atoms with Crippen LogP contribution in [0.3, 0.4) is 0 Å². The second kappa shape index (κ2) is 6.52. The van der Waals surface area contributed by atoms with Crippen LogP contribution in [0, 0.1) is 10.1 Å².